The Morgan fingerprint density at radius 2 is 2.14 bits per heavy atom. The van der Waals surface area contributed by atoms with E-state index >= 15 is 0 Å². The van der Waals surface area contributed by atoms with Crippen molar-refractivity contribution in [2.45, 2.75) is 19.4 Å². The van der Waals surface area contributed by atoms with Crippen LogP contribution in [0.5, 0.6) is 0 Å². The molecule has 1 amide bonds. The summed E-state index contributed by atoms with van der Waals surface area (Å²) in [5.41, 5.74) is 5.51. The minimum atomic E-state index is -0.408. The Bertz CT molecular complexity index is 153. The standard InChI is InChI=1S/C9H20N2O3/c1-3-8(10)9(12)11-4-5-14-7-6-13-2/h8H,3-7,10H2,1-2H3,(H,11,12)/t8-/m0/s1. The molecule has 0 aromatic rings. The first-order valence-electron chi connectivity index (χ1n) is 4.82. The number of ether oxygens (including phenoxy) is 2. The molecule has 3 N–H and O–H groups in total. The Balaban J connectivity index is 3.23. The van der Waals surface area contributed by atoms with Gasteiger partial charge in [-0.2, -0.15) is 0 Å². The van der Waals surface area contributed by atoms with Crippen molar-refractivity contribution in [2.24, 2.45) is 5.73 Å². The summed E-state index contributed by atoms with van der Waals surface area (Å²) in [5, 5.41) is 2.68. The third kappa shape index (κ3) is 6.82. The first-order valence-corrected chi connectivity index (χ1v) is 4.82. The van der Waals surface area contributed by atoms with Crippen molar-refractivity contribution in [3.63, 3.8) is 0 Å². The lowest BCUT2D eigenvalue weighted by atomic mass is 10.2. The van der Waals surface area contributed by atoms with E-state index in [0.717, 1.165) is 0 Å². The van der Waals surface area contributed by atoms with Crippen molar-refractivity contribution in [3.05, 3.63) is 0 Å². The lowest BCUT2D eigenvalue weighted by Gasteiger charge is -2.09. The van der Waals surface area contributed by atoms with Gasteiger partial charge in [0.15, 0.2) is 0 Å². The molecule has 0 aliphatic rings. The van der Waals surface area contributed by atoms with Crippen LogP contribution < -0.4 is 11.1 Å². The first kappa shape index (κ1) is 13.4. The van der Waals surface area contributed by atoms with Gasteiger partial charge in [-0.1, -0.05) is 6.92 Å². The number of hydrogen-bond donors (Lipinski definition) is 2. The molecule has 14 heavy (non-hydrogen) atoms. The molecular formula is C9H20N2O3. The molecular weight excluding hydrogens is 184 g/mol. The SMILES string of the molecule is CC[C@H](N)C(=O)NCCOCCOC. The van der Waals surface area contributed by atoms with Crippen molar-refractivity contribution in [1.82, 2.24) is 5.32 Å². The molecule has 5 nitrogen and oxygen atoms in total. The van der Waals surface area contributed by atoms with Crippen molar-refractivity contribution >= 4 is 5.91 Å². The number of carbonyl (C=O) groups is 1. The van der Waals surface area contributed by atoms with Gasteiger partial charge in [-0.05, 0) is 6.42 Å². The predicted octanol–water partition coefficient (Wildman–Crippen LogP) is -0.497. The first-order chi connectivity index (χ1) is 6.72. The van der Waals surface area contributed by atoms with Gasteiger partial charge in [0.25, 0.3) is 0 Å². The van der Waals surface area contributed by atoms with Gasteiger partial charge < -0.3 is 20.5 Å². The fourth-order valence-corrected chi connectivity index (χ4v) is 0.807. The smallest absolute Gasteiger partial charge is 0.236 e. The van der Waals surface area contributed by atoms with Gasteiger partial charge >= 0.3 is 0 Å². The van der Waals surface area contributed by atoms with E-state index in [4.69, 9.17) is 15.2 Å². The second kappa shape index (κ2) is 8.93. The maximum atomic E-state index is 11.1. The Morgan fingerprint density at radius 3 is 2.71 bits per heavy atom. The second-order valence-electron chi connectivity index (χ2n) is 2.91. The molecule has 0 aromatic carbocycles. The van der Waals surface area contributed by atoms with Gasteiger partial charge in [0.2, 0.25) is 5.91 Å². The van der Waals surface area contributed by atoms with Crippen molar-refractivity contribution in [3.8, 4) is 0 Å². The second-order valence-corrected chi connectivity index (χ2v) is 2.91. The normalized spacial score (nSPS) is 12.5. The number of hydrogen-bond acceptors (Lipinski definition) is 4. The van der Waals surface area contributed by atoms with Gasteiger partial charge in [0.05, 0.1) is 25.9 Å². The zero-order valence-electron chi connectivity index (χ0n) is 8.91. The largest absolute Gasteiger partial charge is 0.382 e. The zero-order valence-corrected chi connectivity index (χ0v) is 8.91. The average molecular weight is 204 g/mol. The molecule has 0 saturated carbocycles. The Kier molecular flexibility index (Phi) is 8.51. The molecule has 0 saturated heterocycles. The lowest BCUT2D eigenvalue weighted by Crippen LogP contribution is -2.41. The Morgan fingerprint density at radius 1 is 1.43 bits per heavy atom. The molecule has 0 rings (SSSR count). The van der Waals surface area contributed by atoms with E-state index in [2.05, 4.69) is 5.32 Å². The minimum Gasteiger partial charge on any atom is -0.382 e. The number of amides is 1. The van der Waals surface area contributed by atoms with Gasteiger partial charge in [-0.25, -0.2) is 0 Å². The lowest BCUT2D eigenvalue weighted by molar-refractivity contribution is -0.122. The number of methoxy groups -OCH3 is 1. The topological polar surface area (TPSA) is 73.6 Å². The fourth-order valence-electron chi connectivity index (χ4n) is 0.807. The summed E-state index contributed by atoms with van der Waals surface area (Å²) in [6, 6.07) is -0.408. The van der Waals surface area contributed by atoms with Crippen LogP contribution in [0.1, 0.15) is 13.3 Å². The van der Waals surface area contributed by atoms with Gasteiger partial charge in [0, 0.05) is 13.7 Å². The van der Waals surface area contributed by atoms with Crippen molar-refractivity contribution in [1.29, 1.82) is 0 Å². The fraction of sp³-hybridized carbons (Fsp3) is 0.889. The number of rotatable bonds is 8. The van der Waals surface area contributed by atoms with Crippen molar-refractivity contribution in [2.75, 3.05) is 33.5 Å². The van der Waals surface area contributed by atoms with E-state index in [-0.39, 0.29) is 5.91 Å². The summed E-state index contributed by atoms with van der Waals surface area (Å²) in [4.78, 5) is 11.1. The third-order valence-electron chi connectivity index (χ3n) is 1.75. The van der Waals surface area contributed by atoms with Crippen LogP contribution in [-0.2, 0) is 14.3 Å². The summed E-state index contributed by atoms with van der Waals surface area (Å²) >= 11 is 0. The van der Waals surface area contributed by atoms with E-state index in [1.807, 2.05) is 6.92 Å². The molecule has 84 valence electrons. The highest BCUT2D eigenvalue weighted by Crippen LogP contribution is 1.84. The molecule has 0 heterocycles. The highest BCUT2D eigenvalue weighted by molar-refractivity contribution is 5.81. The van der Waals surface area contributed by atoms with E-state index in [0.29, 0.717) is 32.8 Å². The predicted molar refractivity (Wildman–Crippen MR) is 54.0 cm³/mol. The molecule has 0 spiro atoms. The third-order valence-corrected chi connectivity index (χ3v) is 1.75. The monoisotopic (exact) mass is 204 g/mol. The molecule has 0 aliphatic carbocycles. The van der Waals surface area contributed by atoms with Crippen LogP contribution >= 0.6 is 0 Å². The summed E-state index contributed by atoms with van der Waals surface area (Å²) in [6.45, 7) is 3.98. The number of nitrogens with two attached hydrogens (primary N) is 1. The van der Waals surface area contributed by atoms with Crippen LogP contribution in [0.25, 0.3) is 0 Å². The highest BCUT2D eigenvalue weighted by Gasteiger charge is 2.08. The molecule has 5 heteroatoms. The average Bonchev–Trinajstić information content (AvgIpc) is 2.21. The summed E-state index contributed by atoms with van der Waals surface area (Å²) in [7, 11) is 1.62. The van der Waals surface area contributed by atoms with Crippen LogP contribution in [0.3, 0.4) is 0 Å². The van der Waals surface area contributed by atoms with Crippen LogP contribution in [0, 0.1) is 0 Å². The van der Waals surface area contributed by atoms with Crippen LogP contribution in [-0.4, -0.2) is 45.4 Å². The highest BCUT2D eigenvalue weighted by atomic mass is 16.5. The van der Waals surface area contributed by atoms with Crippen LogP contribution in [0.15, 0.2) is 0 Å². The Hall–Kier alpha value is -0.650. The summed E-state index contributed by atoms with van der Waals surface area (Å²) in [5.74, 6) is -0.122. The number of carbonyl (C=O) groups excluding carboxylic acids is 1. The quantitative estimate of drug-likeness (QED) is 0.523. The van der Waals surface area contributed by atoms with Gasteiger partial charge in [-0.3, -0.25) is 4.79 Å². The minimum absolute atomic E-state index is 0.122. The molecule has 0 fully saturated rings. The van der Waals surface area contributed by atoms with E-state index in [1.165, 1.54) is 0 Å². The van der Waals surface area contributed by atoms with Crippen LogP contribution in [0.4, 0.5) is 0 Å². The maximum absolute atomic E-state index is 11.1. The van der Waals surface area contributed by atoms with E-state index < -0.39 is 6.04 Å². The Labute approximate surface area is 84.9 Å². The molecule has 0 radical (unpaired) electrons. The molecule has 0 bridgehead atoms. The summed E-state index contributed by atoms with van der Waals surface area (Å²) in [6.07, 6.45) is 0.649. The number of nitrogens with one attached hydrogen (secondary N) is 1. The summed E-state index contributed by atoms with van der Waals surface area (Å²) < 4.78 is 9.95. The zero-order chi connectivity index (χ0) is 10.8. The van der Waals surface area contributed by atoms with Crippen molar-refractivity contribution < 1.29 is 14.3 Å². The molecule has 1 atom stereocenters. The van der Waals surface area contributed by atoms with E-state index in [9.17, 15) is 4.79 Å². The van der Waals surface area contributed by atoms with E-state index in [1.54, 1.807) is 7.11 Å². The van der Waals surface area contributed by atoms with Gasteiger partial charge in [0.1, 0.15) is 0 Å². The van der Waals surface area contributed by atoms with Gasteiger partial charge in [-0.15, -0.1) is 0 Å². The van der Waals surface area contributed by atoms with Crippen LogP contribution in [0.2, 0.25) is 0 Å². The maximum Gasteiger partial charge on any atom is 0.236 e. The molecule has 0 unspecified atom stereocenters. The molecule has 0 aliphatic heterocycles. The molecule has 0 aromatic heterocycles.